The van der Waals surface area contributed by atoms with E-state index >= 15 is 0 Å². The second-order valence-corrected chi connectivity index (χ2v) is 6.01. The highest BCUT2D eigenvalue weighted by molar-refractivity contribution is 7.90. The summed E-state index contributed by atoms with van der Waals surface area (Å²) in [5.74, 6) is 0.0832. The minimum Gasteiger partial charge on any atom is -0.391 e. The van der Waals surface area contributed by atoms with Gasteiger partial charge >= 0.3 is 0 Å². The van der Waals surface area contributed by atoms with Crippen molar-refractivity contribution in [1.82, 2.24) is 4.72 Å². The zero-order valence-electron chi connectivity index (χ0n) is 10.7. The number of nitriles is 1. The third-order valence-corrected chi connectivity index (χ3v) is 4.73. The Hall–Kier alpha value is -0.640. The van der Waals surface area contributed by atoms with Crippen LogP contribution in [-0.2, 0) is 10.0 Å². The van der Waals surface area contributed by atoms with E-state index in [1.54, 1.807) is 13.0 Å². The highest BCUT2D eigenvalue weighted by Crippen LogP contribution is 2.13. The van der Waals surface area contributed by atoms with Crippen molar-refractivity contribution in [3.05, 3.63) is 0 Å². The predicted octanol–water partition coefficient (Wildman–Crippen LogP) is 1.01. The molecule has 0 amide bonds. The molecule has 0 aliphatic carbocycles. The maximum absolute atomic E-state index is 11.7. The van der Waals surface area contributed by atoms with E-state index in [9.17, 15) is 13.5 Å². The van der Waals surface area contributed by atoms with Gasteiger partial charge in [-0.05, 0) is 12.3 Å². The van der Waals surface area contributed by atoms with Crippen LogP contribution in [0.25, 0.3) is 0 Å². The number of sulfonamides is 1. The molecule has 2 N–H and O–H groups in total. The van der Waals surface area contributed by atoms with Gasteiger partial charge in [-0.15, -0.1) is 0 Å². The molecule has 0 heterocycles. The molecule has 0 radical (unpaired) electrons. The molecule has 0 fully saturated rings. The van der Waals surface area contributed by atoms with Crippen molar-refractivity contribution >= 4 is 10.0 Å². The van der Waals surface area contributed by atoms with Crippen LogP contribution in [0.5, 0.6) is 0 Å². The molecule has 17 heavy (non-hydrogen) atoms. The molecule has 0 aromatic rings. The quantitative estimate of drug-likeness (QED) is 0.683. The van der Waals surface area contributed by atoms with E-state index in [1.165, 1.54) is 0 Å². The molecule has 5 nitrogen and oxygen atoms in total. The van der Waals surface area contributed by atoms with Crippen LogP contribution in [0.15, 0.2) is 0 Å². The van der Waals surface area contributed by atoms with Gasteiger partial charge in [-0.25, -0.2) is 13.1 Å². The summed E-state index contributed by atoms with van der Waals surface area (Å²) in [6.07, 6.45) is 1.15. The minimum absolute atomic E-state index is 0.0210. The summed E-state index contributed by atoms with van der Waals surface area (Å²) in [4.78, 5) is 0. The normalized spacial score (nSPS) is 15.5. The van der Waals surface area contributed by atoms with Gasteiger partial charge in [0.05, 0.1) is 12.2 Å². The van der Waals surface area contributed by atoms with Crippen LogP contribution in [0.1, 0.15) is 40.0 Å². The van der Waals surface area contributed by atoms with Crippen molar-refractivity contribution in [3.8, 4) is 6.07 Å². The topological polar surface area (TPSA) is 90.2 Å². The summed E-state index contributed by atoms with van der Waals surface area (Å²) in [6, 6.07) is 1.74. The van der Waals surface area contributed by atoms with Crippen LogP contribution in [0.3, 0.4) is 0 Å². The van der Waals surface area contributed by atoms with Crippen LogP contribution in [0, 0.1) is 17.2 Å². The lowest BCUT2D eigenvalue weighted by Gasteiger charge is -2.20. The molecule has 0 saturated carbocycles. The molecule has 0 aromatic carbocycles. The number of nitrogens with zero attached hydrogens (tertiary/aromatic N) is 1. The molecule has 0 saturated heterocycles. The Morgan fingerprint density at radius 2 is 1.76 bits per heavy atom. The van der Waals surface area contributed by atoms with Gasteiger partial charge in [-0.2, -0.15) is 5.26 Å². The van der Waals surface area contributed by atoms with Crippen LogP contribution in [-0.4, -0.2) is 31.4 Å². The number of aliphatic hydroxyl groups is 1. The lowest BCUT2D eigenvalue weighted by Crippen LogP contribution is -2.40. The fourth-order valence-corrected chi connectivity index (χ4v) is 2.86. The Bertz CT molecular complexity index is 344. The monoisotopic (exact) mass is 262 g/mol. The fraction of sp³-hybridized carbons (Fsp3) is 0.909. The van der Waals surface area contributed by atoms with Crippen LogP contribution in [0.2, 0.25) is 0 Å². The second kappa shape index (κ2) is 7.64. The third kappa shape index (κ3) is 5.02. The first kappa shape index (κ1) is 16.4. The Morgan fingerprint density at radius 1 is 1.24 bits per heavy atom. The summed E-state index contributed by atoms with van der Waals surface area (Å²) in [5, 5.41) is 17.4. The molecule has 0 aromatic heterocycles. The minimum atomic E-state index is -3.64. The van der Waals surface area contributed by atoms with Crippen molar-refractivity contribution in [2.24, 2.45) is 5.92 Å². The predicted molar refractivity (Wildman–Crippen MR) is 66.7 cm³/mol. The Kier molecular flexibility index (Phi) is 7.35. The first-order valence-corrected chi connectivity index (χ1v) is 7.53. The van der Waals surface area contributed by atoms with Gasteiger partial charge in [0.25, 0.3) is 0 Å². The lowest BCUT2D eigenvalue weighted by molar-refractivity contribution is 0.107. The van der Waals surface area contributed by atoms with Gasteiger partial charge in [0.15, 0.2) is 5.25 Å². The SMILES string of the molecule is CCC(CC)C(O)CNS(=O)(=O)C(C#N)CC. The molecule has 0 aliphatic rings. The molecular formula is C11H22N2O3S. The average Bonchev–Trinajstić information content (AvgIpc) is 2.29. The summed E-state index contributed by atoms with van der Waals surface area (Å²) < 4.78 is 25.6. The van der Waals surface area contributed by atoms with Crippen molar-refractivity contribution in [1.29, 1.82) is 5.26 Å². The van der Waals surface area contributed by atoms with E-state index < -0.39 is 21.4 Å². The van der Waals surface area contributed by atoms with Crippen molar-refractivity contribution < 1.29 is 13.5 Å². The molecular weight excluding hydrogens is 240 g/mol. The van der Waals surface area contributed by atoms with Crippen molar-refractivity contribution in [2.45, 2.75) is 51.4 Å². The zero-order valence-corrected chi connectivity index (χ0v) is 11.5. The highest BCUT2D eigenvalue weighted by atomic mass is 32.2. The molecule has 2 atom stereocenters. The van der Waals surface area contributed by atoms with Crippen molar-refractivity contribution in [3.63, 3.8) is 0 Å². The first-order chi connectivity index (χ1) is 7.92. The smallest absolute Gasteiger partial charge is 0.228 e. The zero-order chi connectivity index (χ0) is 13.5. The highest BCUT2D eigenvalue weighted by Gasteiger charge is 2.25. The lowest BCUT2D eigenvalue weighted by atomic mass is 9.97. The van der Waals surface area contributed by atoms with E-state index in [-0.39, 0.29) is 18.9 Å². The van der Waals surface area contributed by atoms with Gasteiger partial charge in [-0.1, -0.05) is 33.6 Å². The van der Waals surface area contributed by atoms with Crippen LogP contribution >= 0.6 is 0 Å². The molecule has 0 aliphatic heterocycles. The number of hydrogen-bond donors (Lipinski definition) is 2. The number of rotatable bonds is 8. The molecule has 6 heteroatoms. The molecule has 100 valence electrons. The van der Waals surface area contributed by atoms with E-state index in [4.69, 9.17) is 5.26 Å². The third-order valence-electron chi connectivity index (χ3n) is 2.98. The van der Waals surface area contributed by atoms with Gasteiger partial charge in [0, 0.05) is 6.54 Å². The van der Waals surface area contributed by atoms with E-state index in [2.05, 4.69) is 4.72 Å². The van der Waals surface area contributed by atoms with E-state index in [1.807, 2.05) is 13.8 Å². The van der Waals surface area contributed by atoms with E-state index in [0.717, 1.165) is 12.8 Å². The number of aliphatic hydroxyl groups excluding tert-OH is 1. The molecule has 0 spiro atoms. The maximum Gasteiger partial charge on any atom is 0.228 e. The largest absolute Gasteiger partial charge is 0.391 e. The maximum atomic E-state index is 11.7. The Labute approximate surface area is 104 Å². The molecule has 2 unspecified atom stereocenters. The first-order valence-electron chi connectivity index (χ1n) is 5.98. The molecule has 0 rings (SSSR count). The number of hydrogen-bond acceptors (Lipinski definition) is 4. The summed E-state index contributed by atoms with van der Waals surface area (Å²) in [6.45, 7) is 5.53. The van der Waals surface area contributed by atoms with Gasteiger partial charge < -0.3 is 5.11 Å². The molecule has 0 bridgehead atoms. The van der Waals surface area contributed by atoms with Crippen LogP contribution < -0.4 is 4.72 Å². The summed E-state index contributed by atoms with van der Waals surface area (Å²) >= 11 is 0. The Morgan fingerprint density at radius 3 is 2.12 bits per heavy atom. The van der Waals surface area contributed by atoms with E-state index in [0.29, 0.717) is 0 Å². The Balaban J connectivity index is 4.42. The number of nitrogens with one attached hydrogen (secondary N) is 1. The van der Waals surface area contributed by atoms with Gasteiger partial charge in [0.2, 0.25) is 10.0 Å². The van der Waals surface area contributed by atoms with Gasteiger partial charge in [0.1, 0.15) is 0 Å². The average molecular weight is 262 g/mol. The summed E-state index contributed by atoms with van der Waals surface area (Å²) in [5.41, 5.74) is 0. The van der Waals surface area contributed by atoms with Gasteiger partial charge in [-0.3, -0.25) is 0 Å². The second-order valence-electron chi connectivity index (χ2n) is 4.06. The summed E-state index contributed by atoms with van der Waals surface area (Å²) in [7, 11) is -3.64. The fourth-order valence-electron chi connectivity index (χ4n) is 1.68. The van der Waals surface area contributed by atoms with Crippen LogP contribution in [0.4, 0.5) is 0 Å². The van der Waals surface area contributed by atoms with Crippen molar-refractivity contribution in [2.75, 3.05) is 6.54 Å². The standard InChI is InChI=1S/C11H22N2O3S/c1-4-9(5-2)11(14)8-13-17(15,16)10(6-3)7-12/h9-11,13-14H,4-6,8H2,1-3H3.